The topological polar surface area (TPSA) is 36.3 Å². The highest BCUT2D eigenvalue weighted by atomic mass is 16.5. The van der Waals surface area contributed by atoms with Crippen LogP contribution in [0.25, 0.3) is 10.8 Å². The van der Waals surface area contributed by atoms with Crippen LogP contribution in [-0.2, 0) is 0 Å². The summed E-state index contributed by atoms with van der Waals surface area (Å²) in [5.41, 5.74) is 0.997. The fraction of sp³-hybridized carbons (Fsp3) is 0.522. The van der Waals surface area contributed by atoms with Crippen LogP contribution in [-0.4, -0.2) is 30.4 Å². The first-order chi connectivity index (χ1) is 12.4. The molecule has 142 valence electrons. The molecule has 2 aromatic carbocycles. The number of nitrogens with one attached hydrogen (secondary N) is 1. The van der Waals surface area contributed by atoms with E-state index in [9.17, 15) is 0 Å². The summed E-state index contributed by atoms with van der Waals surface area (Å²) >= 11 is 0. The van der Waals surface area contributed by atoms with E-state index in [-0.39, 0.29) is 0 Å². The van der Waals surface area contributed by atoms with Gasteiger partial charge in [-0.1, -0.05) is 52.0 Å². The van der Waals surface area contributed by atoms with Gasteiger partial charge in [0.2, 0.25) is 0 Å². The van der Waals surface area contributed by atoms with Gasteiger partial charge in [-0.25, -0.2) is 0 Å². The summed E-state index contributed by atoms with van der Waals surface area (Å²) in [4.78, 5) is 2.25. The molecule has 0 spiro atoms. The summed E-state index contributed by atoms with van der Waals surface area (Å²) in [6, 6.07) is 12.3. The first kappa shape index (κ1) is 20.3. The van der Waals surface area contributed by atoms with Crippen LogP contribution in [0.1, 0.15) is 53.0 Å². The van der Waals surface area contributed by atoms with Crippen molar-refractivity contribution in [3.8, 4) is 5.75 Å². The zero-order chi connectivity index (χ0) is 19.1. The van der Waals surface area contributed by atoms with E-state index in [4.69, 9.17) is 10.1 Å². The van der Waals surface area contributed by atoms with Crippen LogP contribution in [0.5, 0.6) is 5.75 Å². The molecule has 0 aliphatic rings. The monoisotopic (exact) mass is 354 g/mol. The van der Waals surface area contributed by atoms with Gasteiger partial charge in [-0.2, -0.15) is 0 Å². The summed E-state index contributed by atoms with van der Waals surface area (Å²) in [6.45, 7) is 13.5. The highest BCUT2D eigenvalue weighted by molar-refractivity contribution is 6.09. The van der Waals surface area contributed by atoms with Crippen LogP contribution >= 0.6 is 0 Å². The Hall–Kier alpha value is -2.03. The third-order valence-electron chi connectivity index (χ3n) is 4.71. The van der Waals surface area contributed by atoms with Crippen LogP contribution in [0.3, 0.4) is 0 Å². The number of benzene rings is 2. The van der Waals surface area contributed by atoms with Crippen molar-refractivity contribution in [3.05, 3.63) is 42.0 Å². The molecule has 0 aliphatic carbocycles. The standard InChI is InChI=1S/C23H34N2O/c1-6-26-22-12-11-21(19-9-7-8-10-20(19)22)23(24)25(15-13-17(2)3)16-14-18(4)5/h7-12,17-18,24H,6,13-16H2,1-5H3. The molecule has 0 atom stereocenters. The summed E-state index contributed by atoms with van der Waals surface area (Å²) in [7, 11) is 0. The molecule has 0 saturated carbocycles. The predicted octanol–water partition coefficient (Wildman–Crippen LogP) is 5.96. The Balaban J connectivity index is 2.36. The second-order valence-corrected chi connectivity index (χ2v) is 7.79. The molecule has 1 N–H and O–H groups in total. The first-order valence-corrected chi connectivity index (χ1v) is 9.92. The van der Waals surface area contributed by atoms with Gasteiger partial charge in [0.15, 0.2) is 0 Å². The molecule has 2 aromatic rings. The second-order valence-electron chi connectivity index (χ2n) is 7.79. The second kappa shape index (κ2) is 9.61. The number of hydrogen-bond donors (Lipinski definition) is 1. The zero-order valence-corrected chi connectivity index (χ0v) is 17.0. The highest BCUT2D eigenvalue weighted by Gasteiger charge is 2.17. The molecule has 0 unspecified atom stereocenters. The smallest absolute Gasteiger partial charge is 0.128 e. The largest absolute Gasteiger partial charge is 0.493 e. The lowest BCUT2D eigenvalue weighted by Crippen LogP contribution is -2.34. The van der Waals surface area contributed by atoms with Gasteiger partial charge in [0, 0.05) is 24.0 Å². The molecule has 0 saturated heterocycles. The molecule has 3 heteroatoms. The molecule has 26 heavy (non-hydrogen) atoms. The van der Waals surface area contributed by atoms with Crippen LogP contribution in [0.2, 0.25) is 0 Å². The van der Waals surface area contributed by atoms with Crippen molar-refractivity contribution in [1.82, 2.24) is 4.90 Å². The molecule has 0 radical (unpaired) electrons. The van der Waals surface area contributed by atoms with Crippen LogP contribution in [0.4, 0.5) is 0 Å². The quantitative estimate of drug-likeness (QED) is 0.445. The number of amidine groups is 1. The normalized spacial score (nSPS) is 11.3. The molecular weight excluding hydrogens is 320 g/mol. The minimum absolute atomic E-state index is 0.630. The lowest BCUT2D eigenvalue weighted by atomic mass is 10.0. The van der Waals surface area contributed by atoms with Crippen molar-refractivity contribution in [1.29, 1.82) is 5.41 Å². The summed E-state index contributed by atoms with van der Waals surface area (Å²) in [5.74, 6) is 2.81. The minimum atomic E-state index is 0.630. The maximum absolute atomic E-state index is 8.92. The van der Waals surface area contributed by atoms with Gasteiger partial charge in [-0.3, -0.25) is 5.41 Å². The number of fused-ring (bicyclic) bond motifs is 1. The molecule has 0 bridgehead atoms. The van der Waals surface area contributed by atoms with Crippen molar-refractivity contribution in [2.45, 2.75) is 47.5 Å². The fourth-order valence-corrected chi connectivity index (χ4v) is 3.09. The van der Waals surface area contributed by atoms with Crippen molar-refractivity contribution < 1.29 is 4.74 Å². The van der Waals surface area contributed by atoms with Gasteiger partial charge in [0.05, 0.1) is 6.61 Å². The van der Waals surface area contributed by atoms with E-state index in [0.29, 0.717) is 24.3 Å². The summed E-state index contributed by atoms with van der Waals surface area (Å²) in [5, 5.41) is 11.1. The van der Waals surface area contributed by atoms with E-state index in [2.05, 4.69) is 44.7 Å². The first-order valence-electron chi connectivity index (χ1n) is 9.92. The predicted molar refractivity (Wildman–Crippen MR) is 112 cm³/mol. The van der Waals surface area contributed by atoms with Gasteiger partial charge in [-0.15, -0.1) is 0 Å². The zero-order valence-electron chi connectivity index (χ0n) is 17.0. The number of ether oxygens (including phenoxy) is 1. The number of hydrogen-bond acceptors (Lipinski definition) is 2. The molecule has 0 heterocycles. The number of nitrogens with zero attached hydrogens (tertiary/aromatic N) is 1. The van der Waals surface area contributed by atoms with Gasteiger partial charge in [0.1, 0.15) is 11.6 Å². The SMILES string of the molecule is CCOc1ccc(C(=N)N(CCC(C)C)CCC(C)C)c2ccccc12. The Morgan fingerprint density at radius 3 is 2.04 bits per heavy atom. The molecular formula is C23H34N2O. The summed E-state index contributed by atoms with van der Waals surface area (Å²) in [6.07, 6.45) is 2.21. The Kier molecular flexibility index (Phi) is 7.50. The Morgan fingerprint density at radius 2 is 1.50 bits per heavy atom. The molecule has 3 nitrogen and oxygen atoms in total. The average Bonchev–Trinajstić information content (AvgIpc) is 2.61. The average molecular weight is 355 g/mol. The van der Waals surface area contributed by atoms with Gasteiger partial charge >= 0.3 is 0 Å². The van der Waals surface area contributed by atoms with Crippen molar-refractivity contribution in [2.75, 3.05) is 19.7 Å². The fourth-order valence-electron chi connectivity index (χ4n) is 3.09. The molecule has 2 rings (SSSR count). The molecule has 0 aromatic heterocycles. The third kappa shape index (κ3) is 5.23. The summed E-state index contributed by atoms with van der Waals surface area (Å²) < 4.78 is 5.79. The lowest BCUT2D eigenvalue weighted by Gasteiger charge is -2.28. The lowest BCUT2D eigenvalue weighted by molar-refractivity contribution is 0.344. The Bertz CT molecular complexity index is 709. The minimum Gasteiger partial charge on any atom is -0.493 e. The Labute approximate surface area is 158 Å². The van der Waals surface area contributed by atoms with E-state index < -0.39 is 0 Å². The van der Waals surface area contributed by atoms with Crippen LogP contribution in [0.15, 0.2) is 36.4 Å². The van der Waals surface area contributed by atoms with Crippen molar-refractivity contribution in [3.63, 3.8) is 0 Å². The highest BCUT2D eigenvalue weighted by Crippen LogP contribution is 2.29. The van der Waals surface area contributed by atoms with Gasteiger partial charge in [-0.05, 0) is 49.1 Å². The van der Waals surface area contributed by atoms with Crippen LogP contribution < -0.4 is 4.74 Å². The van der Waals surface area contributed by atoms with E-state index in [1.54, 1.807) is 0 Å². The van der Waals surface area contributed by atoms with E-state index in [1.807, 2.05) is 31.2 Å². The molecule has 0 aliphatic heterocycles. The maximum atomic E-state index is 8.92. The van der Waals surface area contributed by atoms with E-state index in [0.717, 1.165) is 48.0 Å². The van der Waals surface area contributed by atoms with Gasteiger partial charge < -0.3 is 9.64 Å². The van der Waals surface area contributed by atoms with E-state index >= 15 is 0 Å². The van der Waals surface area contributed by atoms with E-state index in [1.165, 1.54) is 0 Å². The van der Waals surface area contributed by atoms with Crippen molar-refractivity contribution in [2.24, 2.45) is 11.8 Å². The Morgan fingerprint density at radius 1 is 0.923 bits per heavy atom. The van der Waals surface area contributed by atoms with Gasteiger partial charge in [0.25, 0.3) is 0 Å². The maximum Gasteiger partial charge on any atom is 0.128 e. The van der Waals surface area contributed by atoms with Crippen molar-refractivity contribution >= 4 is 16.6 Å². The van der Waals surface area contributed by atoms with Crippen LogP contribution in [0, 0.1) is 17.2 Å². The number of rotatable bonds is 9. The molecule has 0 fully saturated rings. The third-order valence-corrected chi connectivity index (χ3v) is 4.71. The molecule has 0 amide bonds.